The van der Waals surface area contributed by atoms with Gasteiger partial charge < -0.3 is 24.4 Å². The molecule has 7 nitrogen and oxygen atoms in total. The summed E-state index contributed by atoms with van der Waals surface area (Å²) in [6.45, 7) is 8.83. The largest absolute Gasteiger partial charge is 0.456 e. The van der Waals surface area contributed by atoms with Gasteiger partial charge in [0.1, 0.15) is 12.2 Å². The molecule has 1 rings (SSSR count). The van der Waals surface area contributed by atoms with E-state index in [0.29, 0.717) is 13.0 Å². The molecule has 1 aliphatic rings. The lowest BCUT2D eigenvalue weighted by Crippen LogP contribution is -2.35. The normalized spacial score (nSPS) is 18.8. The number of carbonyl (C=O) groups is 2. The molecule has 132 valence electrons. The molecule has 2 N–H and O–H groups in total. The summed E-state index contributed by atoms with van der Waals surface area (Å²) in [5.41, 5.74) is 0. The molecule has 0 aromatic carbocycles. The fourth-order valence-electron chi connectivity index (χ4n) is 1.93. The third-order valence-corrected chi connectivity index (χ3v) is 3.05. The molecule has 0 amide bonds. The average molecular weight is 330 g/mol. The molecule has 0 radical (unpaired) electrons. The zero-order valence-corrected chi connectivity index (χ0v) is 13.5. The van der Waals surface area contributed by atoms with Gasteiger partial charge in [-0.15, -0.1) is 0 Å². The van der Waals surface area contributed by atoms with Crippen molar-refractivity contribution in [2.45, 2.75) is 44.5 Å². The van der Waals surface area contributed by atoms with Crippen molar-refractivity contribution in [1.82, 2.24) is 0 Å². The number of hydrogen-bond donors (Lipinski definition) is 2. The summed E-state index contributed by atoms with van der Waals surface area (Å²) in [5.74, 6) is -1.08. The second-order valence-electron chi connectivity index (χ2n) is 4.84. The minimum absolute atomic E-state index is 0.0347. The minimum Gasteiger partial charge on any atom is -0.456 e. The smallest absolute Gasteiger partial charge is 0.330 e. The van der Waals surface area contributed by atoms with Gasteiger partial charge in [-0.3, -0.25) is 0 Å². The number of aliphatic hydroxyl groups excluding tert-OH is 2. The Labute approximate surface area is 136 Å². The second-order valence-corrected chi connectivity index (χ2v) is 4.84. The minimum atomic E-state index is -0.557. The van der Waals surface area contributed by atoms with Crippen LogP contribution in [0, 0.1) is 0 Å². The quantitative estimate of drug-likeness (QED) is 0.500. The lowest BCUT2D eigenvalue weighted by atomic mass is 10.1. The van der Waals surface area contributed by atoms with Gasteiger partial charge in [0, 0.05) is 25.2 Å². The Morgan fingerprint density at radius 2 is 1.78 bits per heavy atom. The summed E-state index contributed by atoms with van der Waals surface area (Å²) in [6, 6.07) is 0. The van der Waals surface area contributed by atoms with Crippen molar-refractivity contribution in [3.63, 3.8) is 0 Å². The highest BCUT2D eigenvalue weighted by Crippen LogP contribution is 2.21. The van der Waals surface area contributed by atoms with Crippen LogP contribution in [0.1, 0.15) is 26.2 Å². The van der Waals surface area contributed by atoms with Gasteiger partial charge in [0.25, 0.3) is 0 Å². The second kappa shape index (κ2) is 12.8. The van der Waals surface area contributed by atoms with Crippen LogP contribution in [0.25, 0.3) is 0 Å². The molecule has 0 spiro atoms. The fraction of sp³-hybridized carbons (Fsp3) is 0.625. The first-order valence-corrected chi connectivity index (χ1v) is 7.47. The number of ether oxygens (including phenoxy) is 3. The van der Waals surface area contributed by atoms with Crippen LogP contribution in [0.3, 0.4) is 0 Å². The molecule has 23 heavy (non-hydrogen) atoms. The van der Waals surface area contributed by atoms with E-state index in [-0.39, 0.29) is 19.3 Å². The van der Waals surface area contributed by atoms with Gasteiger partial charge in [-0.1, -0.05) is 13.2 Å². The Morgan fingerprint density at radius 3 is 2.22 bits per heavy atom. The maximum atomic E-state index is 11.3. The first-order chi connectivity index (χ1) is 11.0. The maximum Gasteiger partial charge on any atom is 0.330 e. The molecule has 0 bridgehead atoms. The molecule has 0 aromatic rings. The fourth-order valence-corrected chi connectivity index (χ4v) is 1.93. The number of hydrogen-bond acceptors (Lipinski definition) is 7. The zero-order chi connectivity index (χ0) is 17.7. The van der Waals surface area contributed by atoms with Gasteiger partial charge in [-0.25, -0.2) is 9.59 Å². The molecule has 0 aromatic heterocycles. The molecule has 0 saturated carbocycles. The van der Waals surface area contributed by atoms with E-state index < -0.39 is 24.1 Å². The predicted molar refractivity (Wildman–Crippen MR) is 83.6 cm³/mol. The van der Waals surface area contributed by atoms with Gasteiger partial charge in [-0.05, 0) is 19.8 Å². The van der Waals surface area contributed by atoms with Gasteiger partial charge in [0.05, 0.1) is 19.3 Å². The first kappa shape index (κ1) is 21.3. The molecular formula is C16H26O7. The highest BCUT2D eigenvalue weighted by molar-refractivity contribution is 5.82. The summed E-state index contributed by atoms with van der Waals surface area (Å²) >= 11 is 0. The van der Waals surface area contributed by atoms with Gasteiger partial charge in [0.15, 0.2) is 0 Å². The van der Waals surface area contributed by atoms with Crippen molar-refractivity contribution >= 4 is 11.9 Å². The van der Waals surface area contributed by atoms with Crippen LogP contribution >= 0.6 is 0 Å². The Hall–Kier alpha value is -1.70. The van der Waals surface area contributed by atoms with Crippen LogP contribution in [0.15, 0.2) is 25.3 Å². The van der Waals surface area contributed by atoms with E-state index in [1.165, 1.54) is 0 Å². The van der Waals surface area contributed by atoms with Crippen molar-refractivity contribution in [3.05, 3.63) is 25.3 Å². The molecule has 1 heterocycles. The van der Waals surface area contributed by atoms with Crippen LogP contribution in [0.5, 0.6) is 0 Å². The SMILES string of the molecule is C=CC(=O)OC(C)C(CC1CCCO1)OC(=O)C=C.OCCO. The molecule has 7 heteroatoms. The number of esters is 2. The van der Waals surface area contributed by atoms with E-state index in [2.05, 4.69) is 13.2 Å². The topological polar surface area (TPSA) is 102 Å². The Morgan fingerprint density at radius 1 is 1.22 bits per heavy atom. The molecule has 1 fully saturated rings. The summed E-state index contributed by atoms with van der Waals surface area (Å²) in [6.07, 6.45) is 3.52. The Balaban J connectivity index is 0.00000108. The standard InChI is InChI=1S/C14H20O5.C2H6O2/c1-4-13(15)18-10(3)12(19-14(16)5-2)9-11-7-6-8-17-11;3-1-2-4/h4-5,10-12H,1-2,6-9H2,3H3;3-4H,1-2H2. The van der Waals surface area contributed by atoms with E-state index in [1.807, 2.05) is 0 Å². The molecule has 1 saturated heterocycles. The van der Waals surface area contributed by atoms with Crippen LogP contribution in [-0.2, 0) is 23.8 Å². The Bertz CT molecular complexity index is 373. The maximum absolute atomic E-state index is 11.3. The molecular weight excluding hydrogens is 304 g/mol. The summed E-state index contributed by atoms with van der Waals surface area (Å²) in [4.78, 5) is 22.5. The average Bonchev–Trinajstić information content (AvgIpc) is 3.07. The number of rotatable bonds is 8. The highest BCUT2D eigenvalue weighted by Gasteiger charge is 2.29. The van der Waals surface area contributed by atoms with Gasteiger partial charge >= 0.3 is 11.9 Å². The molecule has 3 unspecified atom stereocenters. The van der Waals surface area contributed by atoms with Crippen LogP contribution in [0.2, 0.25) is 0 Å². The van der Waals surface area contributed by atoms with Crippen LogP contribution < -0.4 is 0 Å². The van der Waals surface area contributed by atoms with E-state index in [4.69, 9.17) is 24.4 Å². The lowest BCUT2D eigenvalue weighted by Gasteiger charge is -2.25. The van der Waals surface area contributed by atoms with Crippen molar-refractivity contribution < 1.29 is 34.0 Å². The molecule has 1 aliphatic heterocycles. The van der Waals surface area contributed by atoms with Crippen molar-refractivity contribution in [1.29, 1.82) is 0 Å². The first-order valence-electron chi connectivity index (χ1n) is 7.47. The monoisotopic (exact) mass is 330 g/mol. The van der Waals surface area contributed by atoms with E-state index >= 15 is 0 Å². The Kier molecular flexibility index (Phi) is 11.9. The predicted octanol–water partition coefficient (Wildman–Crippen LogP) is 0.742. The number of aliphatic hydroxyl groups is 2. The number of carbonyl (C=O) groups excluding carboxylic acids is 2. The highest BCUT2D eigenvalue weighted by atomic mass is 16.6. The third-order valence-electron chi connectivity index (χ3n) is 3.05. The summed E-state index contributed by atoms with van der Waals surface area (Å²) in [7, 11) is 0. The van der Waals surface area contributed by atoms with Crippen molar-refractivity contribution in [2.75, 3.05) is 19.8 Å². The van der Waals surface area contributed by atoms with Crippen molar-refractivity contribution in [3.8, 4) is 0 Å². The van der Waals surface area contributed by atoms with Gasteiger partial charge in [0.2, 0.25) is 0 Å². The van der Waals surface area contributed by atoms with Gasteiger partial charge in [-0.2, -0.15) is 0 Å². The summed E-state index contributed by atoms with van der Waals surface area (Å²) in [5, 5.41) is 15.2. The van der Waals surface area contributed by atoms with Crippen LogP contribution in [-0.4, -0.2) is 60.3 Å². The van der Waals surface area contributed by atoms with Crippen LogP contribution in [0.4, 0.5) is 0 Å². The molecule has 0 aliphatic carbocycles. The lowest BCUT2D eigenvalue weighted by molar-refractivity contribution is -0.162. The van der Waals surface area contributed by atoms with E-state index in [0.717, 1.165) is 25.0 Å². The van der Waals surface area contributed by atoms with E-state index in [1.54, 1.807) is 6.92 Å². The molecule has 3 atom stereocenters. The van der Waals surface area contributed by atoms with E-state index in [9.17, 15) is 9.59 Å². The van der Waals surface area contributed by atoms with Crippen molar-refractivity contribution in [2.24, 2.45) is 0 Å². The third kappa shape index (κ3) is 9.83. The zero-order valence-electron chi connectivity index (χ0n) is 13.5. The summed E-state index contributed by atoms with van der Waals surface area (Å²) < 4.78 is 15.8.